The SMILES string of the molecule is C=C(B1OC(C)(C)C(C)(C)O1)C(c1ccccc1)P(=O)(CC(C)C)CC(C)C. The third kappa shape index (κ3) is 5.01. The first kappa shape index (κ1) is 23.5. The molecule has 0 aromatic heterocycles. The zero-order chi connectivity index (χ0) is 21.3. The van der Waals surface area contributed by atoms with Gasteiger partial charge in [0.05, 0.1) is 24.0 Å². The van der Waals surface area contributed by atoms with Gasteiger partial charge in [-0.2, -0.15) is 0 Å². The lowest BCUT2D eigenvalue weighted by molar-refractivity contribution is 0.00578. The van der Waals surface area contributed by atoms with Crippen LogP contribution < -0.4 is 0 Å². The molecule has 5 heteroatoms. The first-order valence-corrected chi connectivity index (χ1v) is 12.6. The van der Waals surface area contributed by atoms with Gasteiger partial charge in [0.25, 0.3) is 0 Å². The van der Waals surface area contributed by atoms with Crippen molar-refractivity contribution in [1.29, 1.82) is 0 Å². The summed E-state index contributed by atoms with van der Waals surface area (Å²) in [5, 5.41) is 0. The Kier molecular flexibility index (Phi) is 7.12. The van der Waals surface area contributed by atoms with Crippen LogP contribution in [0.1, 0.15) is 66.6 Å². The average Bonchev–Trinajstić information content (AvgIpc) is 2.74. The molecule has 2 rings (SSSR count). The molecule has 0 N–H and O–H groups in total. The topological polar surface area (TPSA) is 35.5 Å². The Morgan fingerprint density at radius 2 is 1.39 bits per heavy atom. The van der Waals surface area contributed by atoms with Crippen molar-refractivity contribution in [2.75, 3.05) is 12.3 Å². The molecule has 1 saturated heterocycles. The van der Waals surface area contributed by atoms with Gasteiger partial charge in [-0.1, -0.05) is 58.0 Å². The van der Waals surface area contributed by atoms with E-state index in [1.54, 1.807) is 0 Å². The van der Waals surface area contributed by atoms with E-state index in [4.69, 9.17) is 9.31 Å². The molecule has 1 aromatic rings. The van der Waals surface area contributed by atoms with Gasteiger partial charge in [0.2, 0.25) is 0 Å². The Labute approximate surface area is 172 Å². The Hall–Kier alpha value is -0.825. The van der Waals surface area contributed by atoms with Crippen molar-refractivity contribution in [1.82, 2.24) is 0 Å². The number of benzene rings is 1. The fourth-order valence-electron chi connectivity index (χ4n) is 4.07. The van der Waals surface area contributed by atoms with Crippen LogP contribution in [0.3, 0.4) is 0 Å². The first-order chi connectivity index (χ1) is 12.8. The lowest BCUT2D eigenvalue weighted by Crippen LogP contribution is -2.41. The van der Waals surface area contributed by atoms with Crippen LogP contribution in [0.15, 0.2) is 42.4 Å². The van der Waals surface area contributed by atoms with E-state index in [0.717, 1.165) is 11.0 Å². The molecule has 1 fully saturated rings. The average molecular weight is 404 g/mol. The van der Waals surface area contributed by atoms with Crippen LogP contribution in [0, 0.1) is 11.8 Å². The van der Waals surface area contributed by atoms with Crippen LogP contribution in [0.25, 0.3) is 0 Å². The van der Waals surface area contributed by atoms with Crippen molar-refractivity contribution in [3.8, 4) is 0 Å². The van der Waals surface area contributed by atoms with Gasteiger partial charge in [-0.25, -0.2) is 0 Å². The van der Waals surface area contributed by atoms with Gasteiger partial charge < -0.3 is 13.9 Å². The zero-order valence-electron chi connectivity index (χ0n) is 19.0. The summed E-state index contributed by atoms with van der Waals surface area (Å²) >= 11 is 0. The quantitative estimate of drug-likeness (QED) is 0.362. The molecule has 0 saturated carbocycles. The van der Waals surface area contributed by atoms with Crippen molar-refractivity contribution < 1.29 is 13.9 Å². The van der Waals surface area contributed by atoms with Gasteiger partial charge in [0, 0.05) is 12.3 Å². The van der Waals surface area contributed by atoms with Crippen molar-refractivity contribution in [3.63, 3.8) is 0 Å². The van der Waals surface area contributed by atoms with Crippen LogP contribution in [0.2, 0.25) is 0 Å². The van der Waals surface area contributed by atoms with Crippen molar-refractivity contribution >= 4 is 14.3 Å². The molecule has 1 atom stereocenters. The third-order valence-corrected chi connectivity index (χ3v) is 10.1. The van der Waals surface area contributed by atoms with E-state index in [1.165, 1.54) is 0 Å². The Morgan fingerprint density at radius 1 is 0.964 bits per heavy atom. The van der Waals surface area contributed by atoms with E-state index >= 15 is 0 Å². The molecule has 156 valence electrons. The first-order valence-electron chi connectivity index (χ1n) is 10.5. The number of allylic oxidation sites excluding steroid dienone is 1. The predicted octanol–water partition coefficient (Wildman–Crippen LogP) is 6.59. The van der Waals surface area contributed by atoms with Crippen LogP contribution >= 0.6 is 7.14 Å². The van der Waals surface area contributed by atoms with Crippen molar-refractivity contribution in [3.05, 3.63) is 47.9 Å². The smallest absolute Gasteiger partial charge is 0.400 e. The lowest BCUT2D eigenvalue weighted by atomic mass is 9.75. The molecule has 0 bridgehead atoms. The molecule has 1 aromatic carbocycles. The number of rotatable bonds is 8. The maximum atomic E-state index is 14.5. The highest BCUT2D eigenvalue weighted by atomic mass is 31.2. The van der Waals surface area contributed by atoms with E-state index in [1.807, 2.05) is 45.9 Å². The van der Waals surface area contributed by atoms with Gasteiger partial charge in [-0.15, -0.1) is 6.58 Å². The van der Waals surface area contributed by atoms with Crippen molar-refractivity contribution in [2.24, 2.45) is 11.8 Å². The molecule has 0 spiro atoms. The van der Waals surface area contributed by atoms with Gasteiger partial charge in [0.15, 0.2) is 0 Å². The molecule has 1 aliphatic rings. The second-order valence-corrected chi connectivity index (χ2v) is 13.2. The van der Waals surface area contributed by atoms with E-state index < -0.39 is 25.5 Å². The standard InChI is InChI=1S/C23H38BO3P/c1-17(2)15-28(25,16-18(3)4)21(20-13-11-10-12-14-20)19(5)24-26-22(6,7)23(8,9)27-24/h10-14,17-18,21H,5,15-16H2,1-4,6-9H3. The summed E-state index contributed by atoms with van der Waals surface area (Å²) in [4.78, 5) is 0. The Balaban J connectivity index is 2.51. The maximum Gasteiger partial charge on any atom is 0.491 e. The van der Waals surface area contributed by atoms with Crippen LogP contribution in [0.5, 0.6) is 0 Å². The Morgan fingerprint density at radius 3 is 1.79 bits per heavy atom. The summed E-state index contributed by atoms with van der Waals surface area (Å²) in [5.41, 5.74) is 0.693. The van der Waals surface area contributed by atoms with Crippen LogP contribution in [0.4, 0.5) is 0 Å². The molecule has 1 heterocycles. The highest BCUT2D eigenvalue weighted by Crippen LogP contribution is 2.64. The summed E-state index contributed by atoms with van der Waals surface area (Å²) in [6.45, 7) is 21.1. The molecule has 1 unspecified atom stereocenters. The normalized spacial score (nSPS) is 20.0. The van der Waals surface area contributed by atoms with Crippen LogP contribution in [-0.4, -0.2) is 30.6 Å². The largest absolute Gasteiger partial charge is 0.491 e. The molecular weight excluding hydrogens is 366 g/mol. The highest BCUT2D eigenvalue weighted by molar-refractivity contribution is 7.64. The van der Waals surface area contributed by atoms with Crippen LogP contribution in [-0.2, 0) is 13.9 Å². The molecular formula is C23H38BO3P. The minimum Gasteiger partial charge on any atom is -0.400 e. The Bertz CT molecular complexity index is 695. The fraction of sp³-hybridized carbons (Fsp3) is 0.652. The molecule has 28 heavy (non-hydrogen) atoms. The second kappa shape index (κ2) is 8.50. The van der Waals surface area contributed by atoms with Gasteiger partial charge in [-0.3, -0.25) is 0 Å². The summed E-state index contributed by atoms with van der Waals surface area (Å²) in [6.07, 6.45) is 1.40. The molecule has 3 nitrogen and oxygen atoms in total. The minimum absolute atomic E-state index is 0.256. The molecule has 0 aliphatic carbocycles. The molecule has 0 amide bonds. The maximum absolute atomic E-state index is 14.5. The predicted molar refractivity (Wildman–Crippen MR) is 121 cm³/mol. The molecule has 1 aliphatic heterocycles. The van der Waals surface area contributed by atoms with E-state index in [2.05, 4.69) is 46.4 Å². The summed E-state index contributed by atoms with van der Waals surface area (Å²) < 4.78 is 27.1. The summed E-state index contributed by atoms with van der Waals surface area (Å²) in [6, 6.07) is 10.1. The second-order valence-electron chi connectivity index (χ2n) is 10.1. The summed E-state index contributed by atoms with van der Waals surface area (Å²) in [5.74, 6) is 0.698. The van der Waals surface area contributed by atoms with Gasteiger partial charge in [-0.05, 0) is 50.6 Å². The summed E-state index contributed by atoms with van der Waals surface area (Å²) in [7, 11) is -3.17. The monoisotopic (exact) mass is 404 g/mol. The molecule has 0 radical (unpaired) electrons. The third-order valence-electron chi connectivity index (χ3n) is 5.84. The number of hydrogen-bond acceptors (Lipinski definition) is 3. The fourth-order valence-corrected chi connectivity index (χ4v) is 8.55. The van der Waals surface area contributed by atoms with Gasteiger partial charge >= 0.3 is 7.12 Å². The van der Waals surface area contributed by atoms with Crippen molar-refractivity contribution in [2.45, 2.75) is 72.3 Å². The highest BCUT2D eigenvalue weighted by Gasteiger charge is 2.54. The minimum atomic E-state index is -2.62. The lowest BCUT2D eigenvalue weighted by Gasteiger charge is -2.33. The van der Waals surface area contributed by atoms with E-state index in [0.29, 0.717) is 24.2 Å². The van der Waals surface area contributed by atoms with Gasteiger partial charge in [0.1, 0.15) is 0 Å². The van der Waals surface area contributed by atoms with E-state index in [9.17, 15) is 4.57 Å². The number of hydrogen-bond donors (Lipinski definition) is 0. The zero-order valence-corrected chi connectivity index (χ0v) is 19.9. The van der Waals surface area contributed by atoms with E-state index in [-0.39, 0.29) is 5.66 Å².